The molecule has 6 nitrogen and oxygen atoms in total. The van der Waals surface area contributed by atoms with E-state index in [1.165, 1.54) is 12.4 Å². The minimum absolute atomic E-state index is 0.000383. The van der Waals surface area contributed by atoms with Crippen LogP contribution in [0.25, 0.3) is 0 Å². The van der Waals surface area contributed by atoms with Gasteiger partial charge in [0.2, 0.25) is 10.0 Å². The van der Waals surface area contributed by atoms with E-state index in [9.17, 15) is 21.6 Å². The first-order valence-corrected chi connectivity index (χ1v) is 8.75. The van der Waals surface area contributed by atoms with Crippen LogP contribution in [0, 0.1) is 0 Å². The van der Waals surface area contributed by atoms with Gasteiger partial charge in [0.1, 0.15) is 6.10 Å². The monoisotopic (exact) mass is 403 g/mol. The summed E-state index contributed by atoms with van der Waals surface area (Å²) in [7, 11) is -3.94. The highest BCUT2D eigenvalue weighted by atomic mass is 79.9. The summed E-state index contributed by atoms with van der Waals surface area (Å²) in [6.07, 6.45) is -2.97. The lowest BCUT2D eigenvalue weighted by molar-refractivity contribution is -0.130. The van der Waals surface area contributed by atoms with Crippen molar-refractivity contribution in [1.29, 1.82) is 0 Å². The van der Waals surface area contributed by atoms with E-state index < -0.39 is 34.5 Å². The summed E-state index contributed by atoms with van der Waals surface area (Å²) in [5, 5.41) is 0. The Hall–Kier alpha value is -0.940. The number of ether oxygens (including phenoxy) is 1. The van der Waals surface area contributed by atoms with E-state index in [0.29, 0.717) is 10.9 Å². The van der Waals surface area contributed by atoms with E-state index in [1.54, 1.807) is 0 Å². The number of nitrogens with zero attached hydrogens (tertiary/aromatic N) is 3. The molecule has 2 heterocycles. The number of rotatable bonds is 5. The van der Waals surface area contributed by atoms with Gasteiger partial charge in [-0.1, -0.05) is 0 Å². The van der Waals surface area contributed by atoms with Crippen molar-refractivity contribution in [3.63, 3.8) is 0 Å². The molecule has 0 saturated carbocycles. The predicted molar refractivity (Wildman–Crippen MR) is 74.8 cm³/mol. The van der Waals surface area contributed by atoms with Crippen molar-refractivity contribution in [3.05, 3.63) is 16.9 Å². The van der Waals surface area contributed by atoms with Crippen LogP contribution in [-0.4, -0.2) is 53.8 Å². The van der Waals surface area contributed by atoms with E-state index in [4.69, 9.17) is 4.74 Å². The SMILES string of the molecule is O=S(=O)(CCC(F)(F)F)N1CC[C@H](Oc2ncc(Br)cn2)C1. The number of hydrogen-bond donors (Lipinski definition) is 0. The van der Waals surface area contributed by atoms with Crippen LogP contribution in [0.5, 0.6) is 6.01 Å². The maximum absolute atomic E-state index is 12.1. The third kappa shape index (κ3) is 5.06. The van der Waals surface area contributed by atoms with Gasteiger partial charge in [0.15, 0.2) is 0 Å². The fourth-order valence-corrected chi connectivity index (χ4v) is 3.66. The molecule has 1 aromatic heterocycles. The third-order valence-electron chi connectivity index (χ3n) is 3.01. The van der Waals surface area contributed by atoms with Crippen molar-refractivity contribution in [3.8, 4) is 6.01 Å². The fraction of sp³-hybridized carbons (Fsp3) is 0.636. The maximum Gasteiger partial charge on any atom is 0.390 e. The van der Waals surface area contributed by atoms with Gasteiger partial charge in [0, 0.05) is 18.9 Å². The first kappa shape index (κ1) is 17.4. The van der Waals surface area contributed by atoms with Crippen molar-refractivity contribution < 1.29 is 26.3 Å². The molecule has 2 rings (SSSR count). The van der Waals surface area contributed by atoms with Gasteiger partial charge >= 0.3 is 12.2 Å². The Morgan fingerprint density at radius 3 is 2.59 bits per heavy atom. The summed E-state index contributed by atoms with van der Waals surface area (Å²) in [4.78, 5) is 7.80. The van der Waals surface area contributed by atoms with Crippen molar-refractivity contribution in [1.82, 2.24) is 14.3 Å². The average molecular weight is 404 g/mol. The van der Waals surface area contributed by atoms with E-state index in [1.807, 2.05) is 0 Å². The third-order valence-corrected chi connectivity index (χ3v) is 5.26. The van der Waals surface area contributed by atoms with Crippen molar-refractivity contribution in [2.45, 2.75) is 25.1 Å². The van der Waals surface area contributed by atoms with Crippen LogP contribution < -0.4 is 4.74 Å². The lowest BCUT2D eigenvalue weighted by Crippen LogP contribution is -2.34. The summed E-state index contributed by atoms with van der Waals surface area (Å²) < 4.78 is 67.3. The van der Waals surface area contributed by atoms with E-state index >= 15 is 0 Å². The number of aromatic nitrogens is 2. The minimum atomic E-state index is -4.49. The summed E-state index contributed by atoms with van der Waals surface area (Å²) in [5.41, 5.74) is 0. The summed E-state index contributed by atoms with van der Waals surface area (Å²) in [6.45, 7) is 0.126. The number of sulfonamides is 1. The molecule has 1 aromatic rings. The molecule has 1 fully saturated rings. The van der Waals surface area contributed by atoms with Crippen molar-refractivity contribution >= 4 is 26.0 Å². The summed E-state index contributed by atoms with van der Waals surface area (Å²) >= 11 is 3.17. The first-order valence-electron chi connectivity index (χ1n) is 6.34. The Morgan fingerprint density at radius 2 is 2.00 bits per heavy atom. The first-order chi connectivity index (χ1) is 10.2. The molecule has 0 aromatic carbocycles. The van der Waals surface area contributed by atoms with Crippen LogP contribution in [0.2, 0.25) is 0 Å². The normalized spacial score (nSPS) is 20.3. The van der Waals surface area contributed by atoms with Gasteiger partial charge in [-0.15, -0.1) is 0 Å². The molecule has 1 atom stereocenters. The highest BCUT2D eigenvalue weighted by Gasteiger charge is 2.36. The van der Waals surface area contributed by atoms with Gasteiger partial charge < -0.3 is 4.74 Å². The Morgan fingerprint density at radius 1 is 1.36 bits per heavy atom. The van der Waals surface area contributed by atoms with Crippen LogP contribution in [0.15, 0.2) is 16.9 Å². The van der Waals surface area contributed by atoms with Crippen LogP contribution in [-0.2, 0) is 10.0 Å². The Kier molecular flexibility index (Phi) is 5.28. The lowest BCUT2D eigenvalue weighted by atomic mass is 10.3. The molecular formula is C11H13BrF3N3O3S. The van der Waals surface area contributed by atoms with Gasteiger partial charge in [0.05, 0.1) is 23.2 Å². The van der Waals surface area contributed by atoms with E-state index in [-0.39, 0.29) is 19.1 Å². The minimum Gasteiger partial charge on any atom is -0.459 e. The molecule has 0 N–H and O–H groups in total. The highest BCUT2D eigenvalue weighted by Crippen LogP contribution is 2.24. The molecule has 124 valence electrons. The molecular weight excluding hydrogens is 391 g/mol. The number of hydrogen-bond acceptors (Lipinski definition) is 5. The van der Waals surface area contributed by atoms with Crippen LogP contribution in [0.3, 0.4) is 0 Å². The largest absolute Gasteiger partial charge is 0.459 e. The van der Waals surface area contributed by atoms with Crippen molar-refractivity contribution in [2.75, 3.05) is 18.8 Å². The Bertz CT molecular complexity index is 609. The molecule has 1 aliphatic rings. The fourth-order valence-electron chi connectivity index (χ4n) is 1.93. The second-order valence-corrected chi connectivity index (χ2v) is 7.76. The van der Waals surface area contributed by atoms with Crippen LogP contribution >= 0.6 is 15.9 Å². The predicted octanol–water partition coefficient (Wildman–Crippen LogP) is 1.97. The second kappa shape index (κ2) is 6.67. The Balaban J connectivity index is 1.90. The molecule has 0 aliphatic carbocycles. The van der Waals surface area contributed by atoms with Gasteiger partial charge in [-0.25, -0.2) is 18.4 Å². The Labute approximate surface area is 133 Å². The zero-order valence-electron chi connectivity index (χ0n) is 11.3. The smallest absolute Gasteiger partial charge is 0.390 e. The summed E-state index contributed by atoms with van der Waals surface area (Å²) in [6, 6.07) is 0.0998. The molecule has 0 amide bonds. The highest BCUT2D eigenvalue weighted by molar-refractivity contribution is 9.10. The van der Waals surface area contributed by atoms with Gasteiger partial charge in [-0.3, -0.25) is 0 Å². The lowest BCUT2D eigenvalue weighted by Gasteiger charge is -2.17. The van der Waals surface area contributed by atoms with E-state index in [2.05, 4.69) is 25.9 Å². The number of alkyl halides is 3. The molecule has 0 bridgehead atoms. The van der Waals surface area contributed by atoms with Gasteiger partial charge in [0.25, 0.3) is 0 Å². The molecule has 0 unspecified atom stereocenters. The van der Waals surface area contributed by atoms with E-state index in [0.717, 1.165) is 4.31 Å². The zero-order chi connectivity index (χ0) is 16.4. The number of halogens is 4. The molecule has 11 heteroatoms. The van der Waals surface area contributed by atoms with Crippen LogP contribution in [0.4, 0.5) is 13.2 Å². The molecule has 1 aliphatic heterocycles. The quantitative estimate of drug-likeness (QED) is 0.751. The summed E-state index contributed by atoms with van der Waals surface area (Å²) in [5.74, 6) is -0.946. The average Bonchev–Trinajstić information content (AvgIpc) is 2.88. The second-order valence-electron chi connectivity index (χ2n) is 4.75. The molecule has 1 saturated heterocycles. The zero-order valence-corrected chi connectivity index (χ0v) is 13.7. The topological polar surface area (TPSA) is 72.4 Å². The van der Waals surface area contributed by atoms with Crippen LogP contribution in [0.1, 0.15) is 12.8 Å². The van der Waals surface area contributed by atoms with Gasteiger partial charge in [-0.2, -0.15) is 17.5 Å². The van der Waals surface area contributed by atoms with Gasteiger partial charge in [-0.05, 0) is 22.4 Å². The van der Waals surface area contributed by atoms with Crippen molar-refractivity contribution in [2.24, 2.45) is 0 Å². The molecule has 0 radical (unpaired) electrons. The standard InChI is InChI=1S/C11H13BrF3N3O3S/c12-8-5-16-10(17-6-8)21-9-1-3-18(7-9)22(19,20)4-2-11(13,14)15/h5-6,9H,1-4,7H2/t9-/m0/s1. The molecule has 22 heavy (non-hydrogen) atoms. The maximum atomic E-state index is 12.1. The molecule has 0 spiro atoms.